The highest BCUT2D eigenvalue weighted by molar-refractivity contribution is 7.89. The lowest BCUT2D eigenvalue weighted by atomic mass is 10.2. The standard InChI is InChI=1S/C18H18F3N5O4S/c1-23-15(14(11-22)16(27)24(2)17(23)28)25-6-8-26(9-7-25)31(29,30)13-5-3-4-12(10-13)18(19,20)21/h3-5,10H,6-9H2,1-2H3. The Kier molecular flexibility index (Phi) is 5.72. The number of hydrogen-bond acceptors (Lipinski definition) is 6. The molecule has 1 aromatic heterocycles. The Morgan fingerprint density at radius 3 is 2.19 bits per heavy atom. The van der Waals surface area contributed by atoms with Gasteiger partial charge in [-0.05, 0) is 18.2 Å². The molecule has 0 bridgehead atoms. The molecule has 3 rings (SSSR count). The number of alkyl halides is 3. The minimum atomic E-state index is -4.68. The summed E-state index contributed by atoms with van der Waals surface area (Å²) in [7, 11) is -1.55. The van der Waals surface area contributed by atoms with Gasteiger partial charge in [0, 0.05) is 40.3 Å². The zero-order chi connectivity index (χ0) is 23.1. The maximum Gasteiger partial charge on any atom is 0.416 e. The van der Waals surface area contributed by atoms with Crippen molar-refractivity contribution < 1.29 is 21.6 Å². The SMILES string of the molecule is Cn1c(N2CCN(S(=O)(=O)c3cccc(C(F)(F)F)c3)CC2)c(C#N)c(=O)n(C)c1=O. The highest BCUT2D eigenvalue weighted by Gasteiger charge is 2.34. The molecule has 0 saturated carbocycles. The highest BCUT2D eigenvalue weighted by Crippen LogP contribution is 2.31. The fourth-order valence-corrected chi connectivity index (χ4v) is 4.89. The Labute approximate surface area is 175 Å². The van der Waals surface area contributed by atoms with E-state index in [0.717, 1.165) is 31.6 Å². The van der Waals surface area contributed by atoms with E-state index < -0.39 is 37.9 Å². The van der Waals surface area contributed by atoms with Crippen molar-refractivity contribution >= 4 is 15.8 Å². The number of aromatic nitrogens is 2. The number of nitriles is 1. The summed E-state index contributed by atoms with van der Waals surface area (Å²) >= 11 is 0. The van der Waals surface area contributed by atoms with Gasteiger partial charge in [-0.2, -0.15) is 22.7 Å². The molecule has 1 saturated heterocycles. The summed E-state index contributed by atoms with van der Waals surface area (Å²) in [6, 6.07) is 5.28. The fraction of sp³-hybridized carbons (Fsp3) is 0.389. The molecule has 1 aliphatic rings. The fourth-order valence-electron chi connectivity index (χ4n) is 3.42. The molecule has 0 aliphatic carbocycles. The van der Waals surface area contributed by atoms with Crippen LogP contribution < -0.4 is 16.1 Å². The number of halogens is 3. The normalized spacial score (nSPS) is 15.7. The van der Waals surface area contributed by atoms with Crippen LogP contribution >= 0.6 is 0 Å². The Hall–Kier alpha value is -3.11. The van der Waals surface area contributed by atoms with Gasteiger partial charge in [0.25, 0.3) is 5.56 Å². The monoisotopic (exact) mass is 457 g/mol. The first-order chi connectivity index (χ1) is 14.4. The molecule has 1 fully saturated rings. The third-order valence-electron chi connectivity index (χ3n) is 5.08. The van der Waals surface area contributed by atoms with Crippen LogP contribution in [0.3, 0.4) is 0 Å². The molecule has 9 nitrogen and oxygen atoms in total. The van der Waals surface area contributed by atoms with Gasteiger partial charge in [0.15, 0.2) is 5.56 Å². The molecule has 0 spiro atoms. The molecular formula is C18H18F3N5O4S. The Morgan fingerprint density at radius 1 is 1.03 bits per heavy atom. The van der Waals surface area contributed by atoms with Gasteiger partial charge in [-0.15, -0.1) is 0 Å². The Morgan fingerprint density at radius 2 is 1.65 bits per heavy atom. The van der Waals surface area contributed by atoms with Gasteiger partial charge in [0.1, 0.15) is 11.9 Å². The number of piperazine rings is 1. The first-order valence-electron chi connectivity index (χ1n) is 9.02. The average Bonchev–Trinajstić information content (AvgIpc) is 2.74. The van der Waals surface area contributed by atoms with Crippen molar-refractivity contribution in [3.05, 3.63) is 56.2 Å². The number of sulfonamides is 1. The number of benzene rings is 1. The van der Waals surface area contributed by atoms with Gasteiger partial charge in [0.05, 0.1) is 10.5 Å². The quantitative estimate of drug-likeness (QED) is 0.664. The average molecular weight is 457 g/mol. The lowest BCUT2D eigenvalue weighted by molar-refractivity contribution is -0.137. The van der Waals surface area contributed by atoms with Crippen LogP contribution in [0.1, 0.15) is 11.1 Å². The Bertz CT molecular complexity index is 1280. The summed E-state index contributed by atoms with van der Waals surface area (Å²) < 4.78 is 67.5. The van der Waals surface area contributed by atoms with Crippen LogP contribution in [0, 0.1) is 11.3 Å². The summed E-state index contributed by atoms with van der Waals surface area (Å²) in [5, 5.41) is 9.39. The van der Waals surface area contributed by atoms with E-state index in [9.17, 15) is 36.4 Å². The van der Waals surface area contributed by atoms with E-state index in [1.807, 2.05) is 0 Å². The van der Waals surface area contributed by atoms with E-state index in [-0.39, 0.29) is 37.6 Å². The van der Waals surface area contributed by atoms with Crippen molar-refractivity contribution in [2.75, 3.05) is 31.1 Å². The van der Waals surface area contributed by atoms with E-state index in [1.165, 1.54) is 14.1 Å². The van der Waals surface area contributed by atoms with Gasteiger partial charge < -0.3 is 4.90 Å². The first kappa shape index (κ1) is 22.6. The lowest BCUT2D eigenvalue weighted by Crippen LogP contribution is -2.51. The smallest absolute Gasteiger partial charge is 0.354 e. The number of nitrogens with zero attached hydrogens (tertiary/aromatic N) is 5. The summed E-state index contributed by atoms with van der Waals surface area (Å²) in [5.41, 5.74) is -2.72. The van der Waals surface area contributed by atoms with Crippen LogP contribution in [0.15, 0.2) is 38.8 Å². The molecular weight excluding hydrogens is 439 g/mol. The van der Waals surface area contributed by atoms with Gasteiger partial charge in [-0.25, -0.2) is 13.2 Å². The van der Waals surface area contributed by atoms with Crippen molar-refractivity contribution in [3.8, 4) is 6.07 Å². The Balaban J connectivity index is 1.90. The summed E-state index contributed by atoms with van der Waals surface area (Å²) in [5.74, 6) is 0.0757. The van der Waals surface area contributed by atoms with Crippen LogP contribution in [-0.2, 0) is 30.3 Å². The van der Waals surface area contributed by atoms with Crippen molar-refractivity contribution in [2.45, 2.75) is 11.1 Å². The maximum atomic E-state index is 12.9. The zero-order valence-electron chi connectivity index (χ0n) is 16.5. The second-order valence-corrected chi connectivity index (χ2v) is 8.87. The van der Waals surface area contributed by atoms with Crippen LogP contribution in [-0.4, -0.2) is 48.0 Å². The molecule has 0 unspecified atom stereocenters. The summed E-state index contributed by atoms with van der Waals surface area (Å²) in [6.07, 6.45) is -4.68. The van der Waals surface area contributed by atoms with E-state index in [2.05, 4.69) is 0 Å². The van der Waals surface area contributed by atoms with Gasteiger partial charge in [0.2, 0.25) is 10.0 Å². The molecule has 0 radical (unpaired) electrons. The van der Waals surface area contributed by atoms with Crippen LogP contribution in [0.25, 0.3) is 0 Å². The molecule has 13 heteroatoms. The van der Waals surface area contributed by atoms with E-state index in [4.69, 9.17) is 0 Å². The molecule has 166 valence electrons. The number of rotatable bonds is 3. The van der Waals surface area contributed by atoms with Crippen molar-refractivity contribution in [1.29, 1.82) is 5.26 Å². The van der Waals surface area contributed by atoms with Crippen LogP contribution in [0.4, 0.5) is 19.0 Å². The molecule has 1 aliphatic heterocycles. The van der Waals surface area contributed by atoms with Crippen molar-refractivity contribution in [2.24, 2.45) is 14.1 Å². The molecule has 0 amide bonds. The molecule has 1 aromatic carbocycles. The van der Waals surface area contributed by atoms with E-state index >= 15 is 0 Å². The predicted molar refractivity (Wildman–Crippen MR) is 104 cm³/mol. The van der Waals surface area contributed by atoms with E-state index in [0.29, 0.717) is 6.07 Å². The summed E-state index contributed by atoms with van der Waals surface area (Å²) in [4.78, 5) is 25.6. The van der Waals surface area contributed by atoms with Crippen LogP contribution in [0.2, 0.25) is 0 Å². The summed E-state index contributed by atoms with van der Waals surface area (Å²) in [6.45, 7) is -0.139. The van der Waals surface area contributed by atoms with Crippen molar-refractivity contribution in [3.63, 3.8) is 0 Å². The second-order valence-electron chi connectivity index (χ2n) is 6.93. The molecule has 0 N–H and O–H groups in total. The number of anilines is 1. The first-order valence-corrected chi connectivity index (χ1v) is 10.5. The van der Waals surface area contributed by atoms with Gasteiger partial charge in [-0.1, -0.05) is 6.07 Å². The lowest BCUT2D eigenvalue weighted by Gasteiger charge is -2.36. The van der Waals surface area contributed by atoms with Crippen LogP contribution in [0.5, 0.6) is 0 Å². The second kappa shape index (κ2) is 7.86. The van der Waals surface area contributed by atoms with E-state index in [1.54, 1.807) is 11.0 Å². The highest BCUT2D eigenvalue weighted by atomic mass is 32.2. The molecule has 2 aromatic rings. The zero-order valence-corrected chi connectivity index (χ0v) is 17.4. The largest absolute Gasteiger partial charge is 0.416 e. The van der Waals surface area contributed by atoms with Gasteiger partial charge >= 0.3 is 11.9 Å². The molecule has 31 heavy (non-hydrogen) atoms. The third-order valence-corrected chi connectivity index (χ3v) is 6.98. The maximum absolute atomic E-state index is 12.9. The van der Waals surface area contributed by atoms with Crippen molar-refractivity contribution in [1.82, 2.24) is 13.4 Å². The minimum absolute atomic E-state index is 0.0350. The molecule has 0 atom stereocenters. The minimum Gasteiger partial charge on any atom is -0.354 e. The topological polar surface area (TPSA) is 108 Å². The predicted octanol–water partition coefficient (Wildman–Crippen LogP) is 0.485. The molecule has 2 heterocycles. The van der Waals surface area contributed by atoms with Gasteiger partial charge in [-0.3, -0.25) is 13.9 Å². The number of hydrogen-bond donors (Lipinski definition) is 0. The third kappa shape index (κ3) is 3.96.